The Morgan fingerprint density at radius 1 is 0.741 bits per heavy atom. The molecule has 0 aromatic heterocycles. The maximum atomic E-state index is 2.34. The second-order valence-corrected chi connectivity index (χ2v) is 7.12. The summed E-state index contributed by atoms with van der Waals surface area (Å²) in [5, 5.41) is 0. The van der Waals surface area contributed by atoms with Gasteiger partial charge in [0.25, 0.3) is 0 Å². The summed E-state index contributed by atoms with van der Waals surface area (Å²) in [4.78, 5) is 2.29. The van der Waals surface area contributed by atoms with E-state index in [1.165, 1.54) is 39.2 Å². The minimum atomic E-state index is 1.13. The Bertz CT molecular complexity index is 996. The van der Waals surface area contributed by atoms with Gasteiger partial charge in [-0.15, -0.1) is 0 Å². The molecule has 0 heterocycles. The predicted octanol–water partition coefficient (Wildman–Crippen LogP) is 7.16. The number of anilines is 2. The SMILES string of the molecule is Cc1ccc(C2=CCCC=C2)cc1N(C)c1cccc(-c2ccccc2)c1. The van der Waals surface area contributed by atoms with Gasteiger partial charge in [-0.25, -0.2) is 0 Å². The van der Waals surface area contributed by atoms with Gasteiger partial charge < -0.3 is 4.90 Å². The first-order chi connectivity index (χ1) is 13.2. The molecule has 1 aliphatic rings. The minimum Gasteiger partial charge on any atom is -0.344 e. The highest BCUT2D eigenvalue weighted by Gasteiger charge is 2.11. The maximum absolute atomic E-state index is 2.34. The lowest BCUT2D eigenvalue weighted by Crippen LogP contribution is -2.11. The maximum Gasteiger partial charge on any atom is 0.0444 e. The first-order valence-corrected chi connectivity index (χ1v) is 9.59. The van der Waals surface area contributed by atoms with Crippen molar-refractivity contribution in [1.82, 2.24) is 0 Å². The van der Waals surface area contributed by atoms with Crippen LogP contribution in [0.15, 0.2) is 91.0 Å². The van der Waals surface area contributed by atoms with Crippen molar-refractivity contribution < 1.29 is 0 Å². The van der Waals surface area contributed by atoms with E-state index in [0.717, 1.165) is 12.8 Å². The molecule has 0 amide bonds. The number of hydrogen-bond acceptors (Lipinski definition) is 1. The summed E-state index contributed by atoms with van der Waals surface area (Å²) >= 11 is 0. The molecule has 0 spiro atoms. The largest absolute Gasteiger partial charge is 0.344 e. The number of nitrogens with zero attached hydrogens (tertiary/aromatic N) is 1. The number of allylic oxidation sites excluding steroid dienone is 4. The van der Waals surface area contributed by atoms with Crippen molar-refractivity contribution in [3.05, 3.63) is 102 Å². The second-order valence-electron chi connectivity index (χ2n) is 7.12. The average molecular weight is 351 g/mol. The van der Waals surface area contributed by atoms with E-state index in [1.54, 1.807) is 0 Å². The smallest absolute Gasteiger partial charge is 0.0444 e. The van der Waals surface area contributed by atoms with Crippen LogP contribution in [0.5, 0.6) is 0 Å². The Balaban J connectivity index is 1.70. The van der Waals surface area contributed by atoms with Gasteiger partial charge in [-0.1, -0.05) is 72.8 Å². The van der Waals surface area contributed by atoms with E-state index < -0.39 is 0 Å². The fourth-order valence-corrected chi connectivity index (χ4v) is 3.64. The van der Waals surface area contributed by atoms with Crippen LogP contribution in [0, 0.1) is 6.92 Å². The van der Waals surface area contributed by atoms with Crippen molar-refractivity contribution in [2.24, 2.45) is 0 Å². The predicted molar refractivity (Wildman–Crippen MR) is 117 cm³/mol. The summed E-state index contributed by atoms with van der Waals surface area (Å²) in [5.74, 6) is 0. The van der Waals surface area contributed by atoms with Crippen molar-refractivity contribution in [3.8, 4) is 11.1 Å². The van der Waals surface area contributed by atoms with Crippen molar-refractivity contribution in [1.29, 1.82) is 0 Å². The lowest BCUT2D eigenvalue weighted by molar-refractivity contribution is 1.04. The zero-order valence-corrected chi connectivity index (χ0v) is 16.0. The third kappa shape index (κ3) is 3.73. The average Bonchev–Trinajstić information content (AvgIpc) is 2.75. The molecule has 4 rings (SSSR count). The van der Waals surface area contributed by atoms with Crippen LogP contribution >= 0.6 is 0 Å². The molecule has 0 radical (unpaired) electrons. The molecule has 0 aliphatic heterocycles. The number of rotatable bonds is 4. The first-order valence-electron chi connectivity index (χ1n) is 9.59. The zero-order valence-electron chi connectivity index (χ0n) is 16.0. The molecule has 0 saturated carbocycles. The van der Waals surface area contributed by atoms with Gasteiger partial charge in [0.05, 0.1) is 0 Å². The monoisotopic (exact) mass is 351 g/mol. The van der Waals surface area contributed by atoms with Gasteiger partial charge in [-0.05, 0) is 65.8 Å². The van der Waals surface area contributed by atoms with Crippen LogP contribution in [0.1, 0.15) is 24.0 Å². The molecular formula is C26H25N. The molecule has 0 bridgehead atoms. The Morgan fingerprint density at radius 2 is 1.56 bits per heavy atom. The molecule has 3 aromatic carbocycles. The summed E-state index contributed by atoms with van der Waals surface area (Å²) in [6.45, 7) is 2.18. The third-order valence-corrected chi connectivity index (χ3v) is 5.24. The summed E-state index contributed by atoms with van der Waals surface area (Å²) in [7, 11) is 2.15. The number of hydrogen-bond donors (Lipinski definition) is 0. The van der Waals surface area contributed by atoms with Crippen LogP contribution < -0.4 is 4.90 Å². The van der Waals surface area contributed by atoms with Gasteiger partial charge in [-0.3, -0.25) is 0 Å². The standard InChI is InChI=1S/C26H25N/c1-20-16-17-24(22-12-7-4-8-13-22)19-26(20)27(2)25-15-9-14-23(18-25)21-10-5-3-6-11-21/h3,5-7,9-19H,4,8H2,1-2H3. The van der Waals surface area contributed by atoms with Crippen molar-refractivity contribution in [2.45, 2.75) is 19.8 Å². The molecule has 134 valence electrons. The van der Waals surface area contributed by atoms with Crippen LogP contribution in [0.4, 0.5) is 11.4 Å². The summed E-state index contributed by atoms with van der Waals surface area (Å²) in [5.41, 5.74) is 8.84. The third-order valence-electron chi connectivity index (χ3n) is 5.24. The Labute approximate surface area is 162 Å². The highest BCUT2D eigenvalue weighted by molar-refractivity contribution is 5.80. The Morgan fingerprint density at radius 3 is 2.33 bits per heavy atom. The van der Waals surface area contributed by atoms with Crippen molar-refractivity contribution >= 4 is 16.9 Å². The van der Waals surface area contributed by atoms with E-state index in [-0.39, 0.29) is 0 Å². The highest BCUT2D eigenvalue weighted by atomic mass is 15.1. The van der Waals surface area contributed by atoms with Crippen molar-refractivity contribution in [2.75, 3.05) is 11.9 Å². The van der Waals surface area contributed by atoms with E-state index in [2.05, 4.69) is 110 Å². The second kappa shape index (κ2) is 7.67. The van der Waals surface area contributed by atoms with Gasteiger partial charge in [0.2, 0.25) is 0 Å². The topological polar surface area (TPSA) is 3.24 Å². The van der Waals surface area contributed by atoms with Gasteiger partial charge in [0, 0.05) is 18.4 Å². The molecule has 0 N–H and O–H groups in total. The van der Waals surface area contributed by atoms with Crippen LogP contribution in [0.25, 0.3) is 16.7 Å². The van der Waals surface area contributed by atoms with E-state index in [9.17, 15) is 0 Å². The molecule has 3 aromatic rings. The molecule has 0 saturated heterocycles. The lowest BCUT2D eigenvalue weighted by atomic mass is 9.97. The van der Waals surface area contributed by atoms with E-state index >= 15 is 0 Å². The van der Waals surface area contributed by atoms with E-state index in [1.807, 2.05) is 0 Å². The fraction of sp³-hybridized carbons (Fsp3) is 0.154. The quantitative estimate of drug-likeness (QED) is 0.482. The van der Waals surface area contributed by atoms with E-state index in [4.69, 9.17) is 0 Å². The Kier molecular flexibility index (Phi) is 4.93. The summed E-state index contributed by atoms with van der Waals surface area (Å²) < 4.78 is 0. The molecule has 0 fully saturated rings. The molecular weight excluding hydrogens is 326 g/mol. The van der Waals surface area contributed by atoms with E-state index in [0.29, 0.717) is 0 Å². The zero-order chi connectivity index (χ0) is 18.6. The highest BCUT2D eigenvalue weighted by Crippen LogP contribution is 2.33. The van der Waals surface area contributed by atoms with Gasteiger partial charge >= 0.3 is 0 Å². The molecule has 1 nitrogen and oxygen atoms in total. The lowest BCUT2D eigenvalue weighted by Gasteiger charge is -2.23. The molecule has 0 atom stereocenters. The molecule has 0 unspecified atom stereocenters. The summed E-state index contributed by atoms with van der Waals surface area (Å²) in [6.07, 6.45) is 9.12. The summed E-state index contributed by atoms with van der Waals surface area (Å²) in [6, 6.07) is 26.1. The fourth-order valence-electron chi connectivity index (χ4n) is 3.64. The van der Waals surface area contributed by atoms with Crippen LogP contribution in [0.2, 0.25) is 0 Å². The van der Waals surface area contributed by atoms with Crippen molar-refractivity contribution in [3.63, 3.8) is 0 Å². The normalized spacial score (nSPS) is 13.3. The Hall–Kier alpha value is -3.06. The number of benzene rings is 3. The van der Waals surface area contributed by atoms with Crippen LogP contribution in [-0.2, 0) is 0 Å². The van der Waals surface area contributed by atoms with Crippen LogP contribution in [-0.4, -0.2) is 7.05 Å². The molecule has 1 aliphatic carbocycles. The van der Waals surface area contributed by atoms with Gasteiger partial charge in [0.1, 0.15) is 0 Å². The number of aryl methyl sites for hydroxylation is 1. The minimum absolute atomic E-state index is 1.13. The first kappa shape index (κ1) is 17.4. The molecule has 27 heavy (non-hydrogen) atoms. The van der Waals surface area contributed by atoms with Crippen LogP contribution in [0.3, 0.4) is 0 Å². The van der Waals surface area contributed by atoms with Gasteiger partial charge in [-0.2, -0.15) is 0 Å². The molecule has 1 heteroatoms. The van der Waals surface area contributed by atoms with Gasteiger partial charge in [0.15, 0.2) is 0 Å².